The van der Waals surface area contributed by atoms with Crippen molar-refractivity contribution in [1.29, 1.82) is 0 Å². The molecule has 1 aromatic heterocycles. The van der Waals surface area contributed by atoms with Crippen molar-refractivity contribution in [2.24, 2.45) is 0 Å². The van der Waals surface area contributed by atoms with Gasteiger partial charge in [-0.15, -0.1) is 0 Å². The molecule has 0 aliphatic carbocycles. The third kappa shape index (κ3) is 4.43. The number of anilines is 1. The molecule has 1 amide bonds. The normalized spacial score (nSPS) is 14.9. The third-order valence-corrected chi connectivity index (χ3v) is 7.16. The van der Waals surface area contributed by atoms with Gasteiger partial charge in [-0.3, -0.25) is 4.79 Å². The maximum absolute atomic E-state index is 13.0. The molecule has 32 heavy (non-hydrogen) atoms. The summed E-state index contributed by atoms with van der Waals surface area (Å²) in [5, 5.41) is 3.57. The number of rotatable bonds is 7. The average Bonchev–Trinajstić information content (AvgIpc) is 3.21. The van der Waals surface area contributed by atoms with Gasteiger partial charge in [0.2, 0.25) is 15.9 Å². The number of sulfonamides is 1. The van der Waals surface area contributed by atoms with Crippen molar-refractivity contribution in [3.05, 3.63) is 48.2 Å². The fraction of sp³-hybridized carbons (Fsp3) is 0.318. The predicted molar refractivity (Wildman–Crippen MR) is 118 cm³/mol. The molecule has 1 saturated heterocycles. The van der Waals surface area contributed by atoms with Crippen LogP contribution in [0, 0.1) is 0 Å². The van der Waals surface area contributed by atoms with Crippen LogP contribution in [-0.2, 0) is 26.0 Å². The number of nitrogens with one attached hydrogen (secondary N) is 1. The molecule has 0 unspecified atom stereocenters. The number of hydrogen-bond acceptors (Lipinski definition) is 7. The maximum Gasteiger partial charge on any atom is 0.243 e. The largest absolute Gasteiger partial charge is 0.497 e. The molecule has 2 heterocycles. The summed E-state index contributed by atoms with van der Waals surface area (Å²) < 4.78 is 48.6. The lowest BCUT2D eigenvalue weighted by atomic mass is 10.1. The summed E-state index contributed by atoms with van der Waals surface area (Å²) in [4.78, 5) is 12.8. The summed E-state index contributed by atoms with van der Waals surface area (Å²) >= 11 is 0. The van der Waals surface area contributed by atoms with E-state index in [1.54, 1.807) is 19.2 Å². The maximum atomic E-state index is 13.0. The fourth-order valence-electron chi connectivity index (χ4n) is 3.58. The van der Waals surface area contributed by atoms with Crippen molar-refractivity contribution in [3.8, 4) is 11.5 Å². The van der Waals surface area contributed by atoms with Crippen LogP contribution in [0.5, 0.6) is 11.5 Å². The van der Waals surface area contributed by atoms with E-state index in [4.69, 9.17) is 18.6 Å². The minimum Gasteiger partial charge on any atom is -0.497 e. The van der Waals surface area contributed by atoms with Crippen LogP contribution in [0.4, 0.5) is 5.69 Å². The van der Waals surface area contributed by atoms with E-state index in [0.29, 0.717) is 35.9 Å². The van der Waals surface area contributed by atoms with Gasteiger partial charge in [0.1, 0.15) is 17.1 Å². The summed E-state index contributed by atoms with van der Waals surface area (Å²) in [6, 6.07) is 9.79. The highest BCUT2D eigenvalue weighted by molar-refractivity contribution is 7.89. The Morgan fingerprint density at radius 2 is 1.88 bits per heavy atom. The average molecular weight is 461 g/mol. The van der Waals surface area contributed by atoms with Crippen LogP contribution in [0.3, 0.4) is 0 Å². The van der Waals surface area contributed by atoms with Gasteiger partial charge in [0, 0.05) is 30.1 Å². The minimum atomic E-state index is -3.71. The molecule has 2 aromatic carbocycles. The molecule has 1 aliphatic rings. The number of nitrogens with zero attached hydrogens (tertiary/aromatic N) is 1. The topological polar surface area (TPSA) is 107 Å². The molecule has 0 spiro atoms. The van der Waals surface area contributed by atoms with Crippen LogP contribution in [0.2, 0.25) is 0 Å². The van der Waals surface area contributed by atoms with Gasteiger partial charge in [0.15, 0.2) is 0 Å². The molecule has 170 valence electrons. The molecule has 1 N–H and O–H groups in total. The van der Waals surface area contributed by atoms with Crippen molar-refractivity contribution in [1.82, 2.24) is 4.31 Å². The molecule has 3 aromatic rings. The molecule has 0 saturated carbocycles. The molecule has 4 rings (SSSR count). The number of fused-ring (bicyclic) bond motifs is 1. The number of methoxy groups -OCH3 is 2. The first-order valence-corrected chi connectivity index (χ1v) is 11.5. The van der Waals surface area contributed by atoms with Gasteiger partial charge in [0.25, 0.3) is 0 Å². The summed E-state index contributed by atoms with van der Waals surface area (Å²) in [6.07, 6.45) is 1.57. The van der Waals surface area contributed by atoms with E-state index in [2.05, 4.69) is 5.32 Å². The monoisotopic (exact) mass is 460 g/mol. The number of morpholine rings is 1. The number of hydrogen-bond donors (Lipinski definition) is 1. The lowest BCUT2D eigenvalue weighted by Crippen LogP contribution is -2.40. The lowest BCUT2D eigenvalue weighted by Gasteiger charge is -2.26. The first-order valence-electron chi connectivity index (χ1n) is 10.0. The highest BCUT2D eigenvalue weighted by Gasteiger charge is 2.27. The van der Waals surface area contributed by atoms with Crippen LogP contribution in [0.25, 0.3) is 11.0 Å². The Labute approximate surface area is 185 Å². The summed E-state index contributed by atoms with van der Waals surface area (Å²) in [7, 11) is -0.686. The highest BCUT2D eigenvalue weighted by Crippen LogP contribution is 2.30. The predicted octanol–water partition coefficient (Wildman–Crippen LogP) is 2.65. The van der Waals surface area contributed by atoms with Crippen LogP contribution in [0.1, 0.15) is 5.56 Å². The van der Waals surface area contributed by atoms with E-state index in [-0.39, 0.29) is 36.0 Å². The second kappa shape index (κ2) is 9.19. The second-order valence-corrected chi connectivity index (χ2v) is 9.16. The van der Waals surface area contributed by atoms with E-state index in [1.807, 2.05) is 6.07 Å². The first kappa shape index (κ1) is 22.1. The van der Waals surface area contributed by atoms with Crippen LogP contribution >= 0.6 is 0 Å². The summed E-state index contributed by atoms with van der Waals surface area (Å²) in [5.41, 5.74) is 1.60. The molecular weight excluding hydrogens is 436 g/mol. The zero-order chi connectivity index (χ0) is 22.7. The van der Waals surface area contributed by atoms with Gasteiger partial charge < -0.3 is 23.9 Å². The molecular formula is C22H24N2O7S. The van der Waals surface area contributed by atoms with E-state index in [1.165, 1.54) is 35.9 Å². The van der Waals surface area contributed by atoms with Crippen LogP contribution in [0.15, 0.2) is 52.0 Å². The smallest absolute Gasteiger partial charge is 0.243 e. The Morgan fingerprint density at radius 1 is 1.09 bits per heavy atom. The molecule has 1 fully saturated rings. The Morgan fingerprint density at radius 3 is 2.59 bits per heavy atom. The van der Waals surface area contributed by atoms with Crippen molar-refractivity contribution in [2.45, 2.75) is 11.3 Å². The first-order chi connectivity index (χ1) is 15.4. The lowest BCUT2D eigenvalue weighted by molar-refractivity contribution is -0.115. The molecule has 0 atom stereocenters. The van der Waals surface area contributed by atoms with Gasteiger partial charge in [-0.05, 0) is 30.3 Å². The van der Waals surface area contributed by atoms with E-state index < -0.39 is 10.0 Å². The number of ether oxygens (including phenoxy) is 3. The number of benzene rings is 2. The van der Waals surface area contributed by atoms with Gasteiger partial charge in [-0.25, -0.2) is 8.42 Å². The number of furan rings is 1. The Balaban J connectivity index is 1.55. The highest BCUT2D eigenvalue weighted by atomic mass is 32.2. The SMILES string of the molecule is COc1ccc2c(CC(=O)Nc3cc(S(=O)(=O)N4CCOCC4)ccc3OC)coc2c1. The van der Waals surface area contributed by atoms with Crippen LogP contribution < -0.4 is 14.8 Å². The minimum absolute atomic E-state index is 0.0446. The molecule has 0 bridgehead atoms. The second-order valence-electron chi connectivity index (χ2n) is 7.23. The molecule has 1 aliphatic heterocycles. The van der Waals surface area contributed by atoms with Gasteiger partial charge in [0.05, 0.1) is 50.7 Å². The zero-order valence-electron chi connectivity index (χ0n) is 17.8. The Bertz CT molecular complexity index is 1230. The number of carbonyl (C=O) groups is 1. The Kier molecular flexibility index (Phi) is 6.35. The number of amides is 1. The van der Waals surface area contributed by atoms with E-state index >= 15 is 0 Å². The van der Waals surface area contributed by atoms with Gasteiger partial charge in [-0.1, -0.05) is 0 Å². The van der Waals surface area contributed by atoms with Crippen molar-refractivity contribution in [3.63, 3.8) is 0 Å². The molecule has 9 nitrogen and oxygen atoms in total. The molecule has 10 heteroatoms. The van der Waals surface area contributed by atoms with Crippen molar-refractivity contribution >= 4 is 32.6 Å². The Hall–Kier alpha value is -3.08. The van der Waals surface area contributed by atoms with Crippen molar-refractivity contribution in [2.75, 3.05) is 45.8 Å². The fourth-order valence-corrected chi connectivity index (χ4v) is 5.01. The quantitative estimate of drug-likeness (QED) is 0.578. The van der Waals surface area contributed by atoms with Crippen LogP contribution in [-0.4, -0.2) is 59.2 Å². The third-order valence-electron chi connectivity index (χ3n) is 5.27. The van der Waals surface area contributed by atoms with E-state index in [9.17, 15) is 13.2 Å². The van der Waals surface area contributed by atoms with E-state index in [0.717, 1.165) is 5.39 Å². The van der Waals surface area contributed by atoms with Crippen molar-refractivity contribution < 1.29 is 31.8 Å². The summed E-state index contributed by atoms with van der Waals surface area (Å²) in [5.74, 6) is 0.690. The van der Waals surface area contributed by atoms with Gasteiger partial charge >= 0.3 is 0 Å². The molecule has 0 radical (unpaired) electrons. The standard InChI is InChI=1S/C22H24N2O7S/c1-28-16-3-5-18-15(14-31-21(18)12-16)11-22(25)23-19-13-17(4-6-20(19)29-2)32(26,27)24-7-9-30-10-8-24/h3-6,12-14H,7-11H2,1-2H3,(H,23,25). The zero-order valence-corrected chi connectivity index (χ0v) is 18.6. The van der Waals surface area contributed by atoms with Gasteiger partial charge in [-0.2, -0.15) is 4.31 Å². The number of carbonyl (C=O) groups excluding carboxylic acids is 1. The summed E-state index contributed by atoms with van der Waals surface area (Å²) in [6.45, 7) is 1.27.